The number of likely N-dealkylation sites (tertiary alicyclic amines) is 1. The highest BCUT2D eigenvalue weighted by Gasteiger charge is 2.49. The normalized spacial score (nSPS) is 20.8. The second kappa shape index (κ2) is 9.21. The SMILES string of the molecule is CCCC1=C2[C](CCN(C(=O)c3ccc(C(C)(F)F)nn3)C2CC)[N+](c2ccc(C3CC3)cc2)=N1. The van der Waals surface area contributed by atoms with Crippen molar-refractivity contribution in [2.45, 2.75) is 77.2 Å². The second-order valence-electron chi connectivity index (χ2n) is 9.70. The van der Waals surface area contributed by atoms with Crippen molar-refractivity contribution in [1.29, 1.82) is 0 Å². The fourth-order valence-electron chi connectivity index (χ4n) is 5.11. The van der Waals surface area contributed by atoms with Crippen LogP contribution in [0.4, 0.5) is 14.5 Å². The third-order valence-electron chi connectivity index (χ3n) is 7.05. The van der Waals surface area contributed by atoms with Gasteiger partial charge in [-0.25, -0.2) is 0 Å². The van der Waals surface area contributed by atoms with Gasteiger partial charge in [0.15, 0.2) is 5.69 Å². The molecule has 35 heavy (non-hydrogen) atoms. The zero-order valence-electron chi connectivity index (χ0n) is 20.5. The van der Waals surface area contributed by atoms with Crippen molar-refractivity contribution in [2.75, 3.05) is 6.54 Å². The molecular formula is C27H31F2N5O+. The molecular weight excluding hydrogens is 448 g/mol. The monoisotopic (exact) mass is 479 g/mol. The number of azo groups is 2. The summed E-state index contributed by atoms with van der Waals surface area (Å²) >= 11 is 0. The van der Waals surface area contributed by atoms with Crippen molar-refractivity contribution < 1.29 is 18.3 Å². The molecule has 2 fully saturated rings. The molecule has 1 amide bonds. The molecule has 1 aliphatic carbocycles. The number of benzene rings is 1. The molecule has 1 aromatic heterocycles. The highest BCUT2D eigenvalue weighted by Crippen LogP contribution is 2.45. The first-order chi connectivity index (χ1) is 16.8. The molecule has 183 valence electrons. The molecule has 6 nitrogen and oxygen atoms in total. The van der Waals surface area contributed by atoms with Gasteiger partial charge < -0.3 is 4.90 Å². The van der Waals surface area contributed by atoms with E-state index in [1.165, 1.54) is 30.5 Å². The van der Waals surface area contributed by atoms with Gasteiger partial charge in [0.2, 0.25) is 5.69 Å². The van der Waals surface area contributed by atoms with Crippen molar-refractivity contribution >= 4 is 11.6 Å². The van der Waals surface area contributed by atoms with E-state index < -0.39 is 11.6 Å². The van der Waals surface area contributed by atoms with E-state index in [0.29, 0.717) is 18.9 Å². The number of amides is 1. The number of alkyl halides is 2. The minimum Gasteiger partial charge on any atom is -0.330 e. The highest BCUT2D eigenvalue weighted by molar-refractivity contribution is 5.93. The van der Waals surface area contributed by atoms with Crippen LogP contribution in [0.3, 0.4) is 0 Å². The molecule has 1 saturated heterocycles. The Morgan fingerprint density at radius 2 is 1.86 bits per heavy atom. The quantitative estimate of drug-likeness (QED) is 0.427. The summed E-state index contributed by atoms with van der Waals surface area (Å²) in [4.78, 5) is 15.2. The maximum Gasteiger partial charge on any atom is 0.291 e. The lowest BCUT2D eigenvalue weighted by Gasteiger charge is -2.36. The molecule has 0 spiro atoms. The molecule has 0 bridgehead atoms. The smallest absolute Gasteiger partial charge is 0.291 e. The third-order valence-corrected chi connectivity index (χ3v) is 7.05. The van der Waals surface area contributed by atoms with E-state index in [1.807, 2.05) is 0 Å². The van der Waals surface area contributed by atoms with E-state index in [9.17, 15) is 13.6 Å². The van der Waals surface area contributed by atoms with Gasteiger partial charge in [0.25, 0.3) is 17.9 Å². The molecule has 3 aliphatic rings. The lowest BCUT2D eigenvalue weighted by molar-refractivity contribution is -0.487. The van der Waals surface area contributed by atoms with Crippen molar-refractivity contribution in [3.63, 3.8) is 0 Å². The second-order valence-corrected chi connectivity index (χ2v) is 9.70. The molecule has 1 atom stereocenters. The average molecular weight is 480 g/mol. The van der Waals surface area contributed by atoms with E-state index in [4.69, 9.17) is 5.11 Å². The molecule has 5 rings (SSSR count). The predicted octanol–water partition coefficient (Wildman–Crippen LogP) is 6.49. The maximum atomic E-state index is 13.5. The summed E-state index contributed by atoms with van der Waals surface area (Å²) < 4.78 is 29.1. The van der Waals surface area contributed by atoms with Gasteiger partial charge in [0.05, 0.1) is 11.6 Å². The van der Waals surface area contributed by atoms with Crippen molar-refractivity contribution in [3.8, 4) is 0 Å². The van der Waals surface area contributed by atoms with E-state index in [-0.39, 0.29) is 17.6 Å². The van der Waals surface area contributed by atoms with Crippen molar-refractivity contribution in [1.82, 2.24) is 15.1 Å². The minimum atomic E-state index is -3.10. The van der Waals surface area contributed by atoms with Crippen LogP contribution in [-0.4, -0.2) is 38.3 Å². The van der Waals surface area contributed by atoms with Gasteiger partial charge in [0, 0.05) is 32.0 Å². The number of fused-ring (bicyclic) bond motifs is 1. The fraction of sp³-hybridized carbons (Fsp3) is 0.481. The number of hydrogen-bond acceptors (Lipinski definition) is 4. The maximum absolute atomic E-state index is 13.5. The van der Waals surface area contributed by atoms with Crippen LogP contribution >= 0.6 is 0 Å². The molecule has 8 heteroatoms. The summed E-state index contributed by atoms with van der Waals surface area (Å²) in [6.07, 6.45) is 5.71. The number of carbonyl (C=O) groups is 1. The Hall–Kier alpha value is -3.03. The van der Waals surface area contributed by atoms with Gasteiger partial charge >= 0.3 is 0 Å². The topological polar surface area (TPSA) is 61.5 Å². The number of allylic oxidation sites excluding steroid dienone is 1. The van der Waals surface area contributed by atoms with Crippen LogP contribution in [0.25, 0.3) is 0 Å². The molecule has 1 radical (unpaired) electrons. The number of rotatable bonds is 7. The number of nitrogens with zero attached hydrogens (tertiary/aromatic N) is 5. The largest absolute Gasteiger partial charge is 0.330 e. The van der Waals surface area contributed by atoms with Crippen LogP contribution < -0.4 is 0 Å². The first-order valence-corrected chi connectivity index (χ1v) is 12.6. The molecule has 1 unspecified atom stereocenters. The molecule has 1 saturated carbocycles. The van der Waals surface area contributed by atoms with E-state index >= 15 is 0 Å². The van der Waals surface area contributed by atoms with Crippen LogP contribution in [0.15, 0.2) is 52.8 Å². The van der Waals surface area contributed by atoms with E-state index in [0.717, 1.165) is 49.2 Å². The zero-order valence-corrected chi connectivity index (χ0v) is 20.5. The van der Waals surface area contributed by atoms with Crippen LogP contribution in [-0.2, 0) is 5.92 Å². The summed E-state index contributed by atoms with van der Waals surface area (Å²) in [5.74, 6) is -2.68. The summed E-state index contributed by atoms with van der Waals surface area (Å²) in [6, 6.07) is 12.2. The molecule has 2 aromatic rings. The highest BCUT2D eigenvalue weighted by atomic mass is 19.3. The first kappa shape index (κ1) is 23.7. The molecule has 1 aromatic carbocycles. The zero-order chi connectivity index (χ0) is 24.7. The molecule has 2 aliphatic heterocycles. The van der Waals surface area contributed by atoms with Crippen LogP contribution in [0.1, 0.15) is 87.0 Å². The summed E-state index contributed by atoms with van der Waals surface area (Å²) in [5.41, 5.74) is 4.21. The average Bonchev–Trinajstić information content (AvgIpc) is 3.65. The number of aromatic nitrogens is 2. The van der Waals surface area contributed by atoms with Gasteiger partial charge in [-0.2, -0.15) is 8.78 Å². The fourth-order valence-corrected chi connectivity index (χ4v) is 5.11. The van der Waals surface area contributed by atoms with Crippen molar-refractivity contribution in [3.05, 3.63) is 70.7 Å². The molecule has 3 heterocycles. The predicted molar refractivity (Wildman–Crippen MR) is 127 cm³/mol. The third kappa shape index (κ3) is 4.50. The number of halogens is 2. The number of hydrogen-bond donors (Lipinski definition) is 0. The number of piperidine rings is 1. The van der Waals surface area contributed by atoms with Gasteiger partial charge in [-0.3, -0.25) is 4.79 Å². The summed E-state index contributed by atoms with van der Waals surface area (Å²) in [6.45, 7) is 5.46. The Bertz CT molecular complexity index is 1160. The summed E-state index contributed by atoms with van der Waals surface area (Å²) in [5, 5.41) is 12.5. The Kier molecular flexibility index (Phi) is 6.23. The van der Waals surface area contributed by atoms with Crippen molar-refractivity contribution in [2.24, 2.45) is 5.11 Å². The van der Waals surface area contributed by atoms with Gasteiger partial charge in [-0.15, -0.1) is 10.2 Å². The summed E-state index contributed by atoms with van der Waals surface area (Å²) in [7, 11) is 0. The van der Waals surface area contributed by atoms with E-state index in [1.54, 1.807) is 4.90 Å². The Balaban J connectivity index is 1.41. The Morgan fingerprint density at radius 3 is 2.43 bits per heavy atom. The van der Waals surface area contributed by atoms with Gasteiger partial charge in [-0.05, 0) is 54.4 Å². The van der Waals surface area contributed by atoms with Crippen LogP contribution in [0.5, 0.6) is 0 Å². The minimum absolute atomic E-state index is 0.0833. The lowest BCUT2D eigenvalue weighted by atomic mass is 9.87. The molecule has 0 N–H and O–H groups in total. The Morgan fingerprint density at radius 1 is 1.11 bits per heavy atom. The van der Waals surface area contributed by atoms with Crippen LogP contribution in [0.2, 0.25) is 0 Å². The van der Waals surface area contributed by atoms with Gasteiger partial charge in [-0.1, -0.05) is 37.1 Å². The van der Waals surface area contributed by atoms with Gasteiger partial charge in [0.1, 0.15) is 11.4 Å². The number of carbonyl (C=O) groups excluding carboxylic acids is 1. The standard InChI is InChI=1S/C27H31F2N5O/c1-4-6-20-25-22(5-2)33(26(35)21-13-14-24(31-30-21)27(3,28)29)16-15-23(25)34(32-20)19-11-9-18(10-12-19)17-7-8-17/h9-14,17,22H,4-8,15-16H2,1-3H3/q+1. The van der Waals surface area contributed by atoms with Crippen LogP contribution in [0, 0.1) is 6.04 Å². The van der Waals surface area contributed by atoms with E-state index in [2.05, 4.69) is 53.0 Å². The lowest BCUT2D eigenvalue weighted by Crippen LogP contribution is -2.48. The first-order valence-electron chi connectivity index (χ1n) is 12.6. The Labute approximate surface area is 204 Å².